The third-order valence-electron chi connectivity index (χ3n) is 4.04. The molecule has 1 saturated heterocycles. The molecule has 0 radical (unpaired) electrons. The third-order valence-corrected chi connectivity index (χ3v) is 5.10. The first-order valence-electron chi connectivity index (χ1n) is 7.91. The van der Waals surface area contributed by atoms with Gasteiger partial charge in [-0.05, 0) is 48.9 Å². The van der Waals surface area contributed by atoms with Gasteiger partial charge in [-0.15, -0.1) is 11.3 Å². The van der Waals surface area contributed by atoms with Crippen molar-refractivity contribution >= 4 is 39.1 Å². The van der Waals surface area contributed by atoms with Gasteiger partial charge in [0, 0.05) is 11.3 Å². The van der Waals surface area contributed by atoms with Crippen LogP contribution in [0.4, 0.5) is 5.69 Å². The minimum absolute atomic E-state index is 0.148. The molecule has 4 rings (SSSR count). The molecule has 0 saturated carbocycles. The molecule has 1 aliphatic heterocycles. The molecule has 1 aliphatic rings. The summed E-state index contributed by atoms with van der Waals surface area (Å²) in [5.74, 6) is -0.414. The van der Waals surface area contributed by atoms with E-state index in [4.69, 9.17) is 0 Å². The Bertz CT molecular complexity index is 965. The summed E-state index contributed by atoms with van der Waals surface area (Å²) < 4.78 is 1.16. The Kier molecular flexibility index (Phi) is 3.95. The van der Waals surface area contributed by atoms with Crippen LogP contribution in [0.15, 0.2) is 42.5 Å². The highest BCUT2D eigenvalue weighted by atomic mass is 32.1. The first-order valence-corrected chi connectivity index (χ1v) is 8.73. The first kappa shape index (κ1) is 15.7. The second-order valence-electron chi connectivity index (χ2n) is 6.01. The van der Waals surface area contributed by atoms with Gasteiger partial charge in [0.05, 0.1) is 16.6 Å². The number of fused-ring (bicyclic) bond motifs is 1. The normalized spacial score (nSPS) is 16.8. The number of thiazole rings is 1. The summed E-state index contributed by atoms with van der Waals surface area (Å²) in [6.45, 7) is 2.07. The van der Waals surface area contributed by atoms with Crippen molar-refractivity contribution in [1.29, 1.82) is 0 Å². The lowest BCUT2D eigenvalue weighted by molar-refractivity contribution is -0.121. The zero-order chi connectivity index (χ0) is 17.4. The maximum atomic E-state index is 12.1. The van der Waals surface area contributed by atoms with Crippen molar-refractivity contribution in [3.8, 4) is 10.6 Å². The number of amides is 2. The van der Waals surface area contributed by atoms with Gasteiger partial charge in [-0.2, -0.15) is 0 Å². The highest BCUT2D eigenvalue weighted by Crippen LogP contribution is 2.31. The van der Waals surface area contributed by atoms with E-state index in [9.17, 15) is 9.59 Å². The Morgan fingerprint density at radius 3 is 2.76 bits per heavy atom. The van der Waals surface area contributed by atoms with E-state index in [1.807, 2.05) is 30.3 Å². The monoisotopic (exact) mass is 352 g/mol. The molecule has 7 heteroatoms. The number of rotatable bonds is 3. The van der Waals surface area contributed by atoms with E-state index in [0.29, 0.717) is 5.69 Å². The van der Waals surface area contributed by atoms with Gasteiger partial charge in [-0.1, -0.05) is 6.07 Å². The van der Waals surface area contributed by atoms with Crippen LogP contribution in [-0.2, 0) is 9.59 Å². The number of hydrogen-bond donors (Lipinski definition) is 3. The molecule has 0 bridgehead atoms. The van der Waals surface area contributed by atoms with Gasteiger partial charge >= 0.3 is 0 Å². The van der Waals surface area contributed by atoms with Crippen molar-refractivity contribution in [2.45, 2.75) is 19.4 Å². The molecule has 1 aromatic heterocycles. The molecule has 3 N–H and O–H groups in total. The summed E-state index contributed by atoms with van der Waals surface area (Å²) in [5, 5.41) is 3.76. The molecule has 2 heterocycles. The van der Waals surface area contributed by atoms with Crippen LogP contribution in [0.5, 0.6) is 0 Å². The van der Waals surface area contributed by atoms with Crippen LogP contribution in [0.2, 0.25) is 0 Å². The number of nitrogens with zero attached hydrogens (tertiary/aromatic N) is 1. The van der Waals surface area contributed by atoms with Gasteiger partial charge in [0.1, 0.15) is 11.0 Å². The Morgan fingerprint density at radius 1 is 1.24 bits per heavy atom. The minimum atomic E-state index is -0.542. The van der Waals surface area contributed by atoms with E-state index in [-0.39, 0.29) is 18.2 Å². The SMILES string of the molecule is Cc1ccc2nc(-c3ccc(NC(=O)C4CC(=O)NN4)cc3)sc2c1. The molecular weight excluding hydrogens is 336 g/mol. The largest absolute Gasteiger partial charge is 0.325 e. The number of aryl methyl sites for hydroxylation is 1. The maximum absolute atomic E-state index is 12.1. The van der Waals surface area contributed by atoms with E-state index >= 15 is 0 Å². The van der Waals surface area contributed by atoms with Crippen molar-refractivity contribution in [1.82, 2.24) is 15.8 Å². The van der Waals surface area contributed by atoms with E-state index in [1.54, 1.807) is 11.3 Å². The number of hydrogen-bond acceptors (Lipinski definition) is 5. The lowest BCUT2D eigenvalue weighted by atomic mass is 10.2. The van der Waals surface area contributed by atoms with Crippen molar-refractivity contribution in [3.05, 3.63) is 48.0 Å². The standard InChI is InChI=1S/C18H16N4O2S/c1-10-2-7-13-15(8-10)25-18(20-13)11-3-5-12(6-4-11)19-17(24)14-9-16(23)22-21-14/h2-8,14,21H,9H2,1H3,(H,19,24)(H,22,23). The maximum Gasteiger partial charge on any atom is 0.243 e. The number of hydrazine groups is 1. The lowest BCUT2D eigenvalue weighted by Crippen LogP contribution is -2.39. The highest BCUT2D eigenvalue weighted by Gasteiger charge is 2.27. The summed E-state index contributed by atoms with van der Waals surface area (Å²) in [5.41, 5.74) is 8.99. The Hall–Kier alpha value is -2.77. The van der Waals surface area contributed by atoms with Crippen molar-refractivity contribution in [2.24, 2.45) is 0 Å². The number of aromatic nitrogens is 1. The number of nitrogens with one attached hydrogen (secondary N) is 3. The fourth-order valence-corrected chi connectivity index (χ4v) is 3.76. The van der Waals surface area contributed by atoms with Crippen LogP contribution in [-0.4, -0.2) is 22.8 Å². The van der Waals surface area contributed by atoms with Crippen molar-refractivity contribution < 1.29 is 9.59 Å². The number of carbonyl (C=O) groups is 2. The molecule has 1 unspecified atom stereocenters. The summed E-state index contributed by atoms with van der Waals surface area (Å²) >= 11 is 1.65. The molecule has 1 atom stereocenters. The molecule has 126 valence electrons. The van der Waals surface area contributed by atoms with Gasteiger partial charge in [-0.25, -0.2) is 10.4 Å². The fraction of sp³-hybridized carbons (Fsp3) is 0.167. The number of benzene rings is 2. The fourth-order valence-electron chi connectivity index (χ4n) is 2.69. The van der Waals surface area contributed by atoms with E-state index in [0.717, 1.165) is 20.8 Å². The van der Waals surface area contributed by atoms with Crippen LogP contribution < -0.4 is 16.2 Å². The van der Waals surface area contributed by atoms with Gasteiger partial charge in [0.25, 0.3) is 0 Å². The van der Waals surface area contributed by atoms with Gasteiger partial charge < -0.3 is 5.32 Å². The summed E-state index contributed by atoms with van der Waals surface area (Å²) in [6.07, 6.45) is 0.148. The minimum Gasteiger partial charge on any atom is -0.325 e. The number of anilines is 1. The molecule has 25 heavy (non-hydrogen) atoms. The molecule has 1 fully saturated rings. The van der Waals surface area contributed by atoms with Gasteiger partial charge in [0.15, 0.2) is 0 Å². The van der Waals surface area contributed by atoms with Crippen molar-refractivity contribution in [3.63, 3.8) is 0 Å². The van der Waals surface area contributed by atoms with Gasteiger partial charge in [-0.3, -0.25) is 15.0 Å². The predicted molar refractivity (Wildman–Crippen MR) is 98.1 cm³/mol. The molecular formula is C18H16N4O2S. The Labute approximate surface area is 148 Å². The highest BCUT2D eigenvalue weighted by molar-refractivity contribution is 7.21. The predicted octanol–water partition coefficient (Wildman–Crippen LogP) is 2.60. The Morgan fingerprint density at radius 2 is 2.04 bits per heavy atom. The zero-order valence-corrected chi connectivity index (χ0v) is 14.3. The summed E-state index contributed by atoms with van der Waals surface area (Å²) in [4.78, 5) is 27.9. The van der Waals surface area contributed by atoms with Crippen LogP contribution in [0.3, 0.4) is 0 Å². The average Bonchev–Trinajstić information content (AvgIpc) is 3.21. The van der Waals surface area contributed by atoms with Crippen LogP contribution in [0.1, 0.15) is 12.0 Å². The molecule has 0 aliphatic carbocycles. The number of carbonyl (C=O) groups excluding carboxylic acids is 2. The van der Waals surface area contributed by atoms with Crippen LogP contribution in [0.25, 0.3) is 20.8 Å². The lowest BCUT2D eigenvalue weighted by Gasteiger charge is -2.10. The molecule has 6 nitrogen and oxygen atoms in total. The average molecular weight is 352 g/mol. The van der Waals surface area contributed by atoms with Gasteiger partial charge in [0.2, 0.25) is 11.8 Å². The van der Waals surface area contributed by atoms with Crippen molar-refractivity contribution in [2.75, 3.05) is 5.32 Å². The second-order valence-corrected chi connectivity index (χ2v) is 7.04. The topological polar surface area (TPSA) is 83.1 Å². The molecule has 2 amide bonds. The zero-order valence-electron chi connectivity index (χ0n) is 13.5. The summed E-state index contributed by atoms with van der Waals surface area (Å²) in [7, 11) is 0. The van der Waals surface area contributed by atoms with Crippen LogP contribution in [0, 0.1) is 6.92 Å². The third kappa shape index (κ3) is 3.24. The molecule has 2 aromatic carbocycles. The molecule has 3 aromatic rings. The second kappa shape index (κ2) is 6.27. The summed E-state index contributed by atoms with van der Waals surface area (Å²) in [6, 6.07) is 13.2. The smallest absolute Gasteiger partial charge is 0.243 e. The Balaban J connectivity index is 1.51. The van der Waals surface area contributed by atoms with Crippen LogP contribution >= 0.6 is 11.3 Å². The van der Waals surface area contributed by atoms with E-state index in [2.05, 4.69) is 40.2 Å². The molecule has 0 spiro atoms. The first-order chi connectivity index (χ1) is 12.1. The van der Waals surface area contributed by atoms with E-state index in [1.165, 1.54) is 5.56 Å². The quantitative estimate of drug-likeness (QED) is 0.677. The van der Waals surface area contributed by atoms with E-state index < -0.39 is 6.04 Å².